The molecule has 3 saturated heterocycles. The molecule has 4 aliphatic rings. The van der Waals surface area contributed by atoms with E-state index in [4.69, 9.17) is 15.0 Å². The Kier molecular flexibility index (Phi) is 10.8. The van der Waals surface area contributed by atoms with Gasteiger partial charge < -0.3 is 40.3 Å². The summed E-state index contributed by atoms with van der Waals surface area (Å²) >= 11 is 0. The molecule has 3 aliphatic heterocycles. The maximum absolute atomic E-state index is 13.9. The average Bonchev–Trinajstić information content (AvgIpc) is 4.29. The van der Waals surface area contributed by atoms with Crippen molar-refractivity contribution >= 4 is 68.1 Å². The summed E-state index contributed by atoms with van der Waals surface area (Å²) in [5, 5.41) is 7.51. The van der Waals surface area contributed by atoms with Crippen LogP contribution in [0, 0.1) is 24.2 Å². The number of nitrogens with zero attached hydrogens (tertiary/aromatic N) is 9. The van der Waals surface area contributed by atoms with Gasteiger partial charge in [0.05, 0.1) is 22.1 Å². The van der Waals surface area contributed by atoms with Crippen LogP contribution < -0.4 is 10.6 Å². The highest BCUT2D eigenvalue weighted by molar-refractivity contribution is 5.99. The average molecular weight is 1020 g/mol. The van der Waals surface area contributed by atoms with Crippen LogP contribution in [0.25, 0.3) is 67.1 Å². The maximum atomic E-state index is 13.9. The highest BCUT2D eigenvalue weighted by Gasteiger charge is 2.57. The SMILES string of the molecule is Cc1ccc2cc(C(=O)NC3C4CN(C(=O)c5cccc(-c6nc7ccc(-c8ccc(Nc9ccnc(C(=O)N%10CCC%11(CCN(C(=O)c%12cccc(-c%13nc%14ccccc%14[nH]%13)n%12)C%11)C%10)n9)cc8)cc7[nH]6)n5)CC43)[nH]c2c1. The third-order valence-corrected chi connectivity index (χ3v) is 15.9. The Balaban J connectivity index is 0.580. The molecule has 77 heavy (non-hydrogen) atoms. The number of aromatic amines is 3. The molecule has 4 aromatic carbocycles. The summed E-state index contributed by atoms with van der Waals surface area (Å²) < 4.78 is 0. The van der Waals surface area contributed by atoms with Crippen molar-refractivity contribution in [3.05, 3.63) is 168 Å². The van der Waals surface area contributed by atoms with Gasteiger partial charge in [-0.25, -0.2) is 29.9 Å². The van der Waals surface area contributed by atoms with Gasteiger partial charge in [0.2, 0.25) is 5.82 Å². The van der Waals surface area contributed by atoms with E-state index in [1.807, 2.05) is 132 Å². The minimum Gasteiger partial charge on any atom is -0.351 e. The standard InChI is InChI=1S/C59H50N14O4/c1-33-12-13-36-28-49(64-47(36)26-33)55(74)70-51-38-29-73(30-39(38)51)57(76)46-11-5-9-44(63-46)53-67-42-19-16-35(27-48(42)68-53)34-14-17-37(18-15-34)61-50-20-23-60-54(69-50)58(77)72-25-22-59(32-72)21-24-71(31-59)56(75)45-10-4-8-43(62-45)52-65-40-6-2-3-7-41(40)66-52/h2-20,23,26-28,38-39,51,64H,21-22,24-25,29-32H2,1H3,(H,65,66)(H,67,68)(H,70,74)(H,60,61,69). The third kappa shape index (κ3) is 8.56. The largest absolute Gasteiger partial charge is 0.351 e. The van der Waals surface area contributed by atoms with Crippen molar-refractivity contribution in [1.29, 1.82) is 0 Å². The molecule has 5 N–H and O–H groups in total. The number of likely N-dealkylation sites (tertiary alicyclic amines) is 3. The Morgan fingerprint density at radius 2 is 1.25 bits per heavy atom. The number of fused-ring (bicyclic) bond motifs is 4. The van der Waals surface area contributed by atoms with Gasteiger partial charge in [-0.3, -0.25) is 19.2 Å². The zero-order chi connectivity index (χ0) is 51.9. The van der Waals surface area contributed by atoms with E-state index in [1.165, 1.54) is 0 Å². The molecule has 4 fully saturated rings. The number of aryl methyl sites for hydroxylation is 1. The molecule has 4 amide bonds. The molecule has 0 radical (unpaired) electrons. The van der Waals surface area contributed by atoms with Crippen LogP contribution in [-0.4, -0.2) is 128 Å². The zero-order valence-electron chi connectivity index (χ0n) is 41.8. The molecule has 1 aliphatic carbocycles. The van der Waals surface area contributed by atoms with E-state index in [0.29, 0.717) is 85.2 Å². The third-order valence-electron chi connectivity index (χ3n) is 15.9. The van der Waals surface area contributed by atoms with E-state index in [-0.39, 0.29) is 52.7 Å². The normalized spacial score (nSPS) is 19.6. The molecule has 18 heteroatoms. The Bertz CT molecular complexity index is 3990. The molecule has 3 atom stereocenters. The molecule has 3 unspecified atom stereocenters. The minimum atomic E-state index is -0.241. The van der Waals surface area contributed by atoms with Gasteiger partial charge in [-0.2, -0.15) is 0 Å². The number of anilines is 2. The maximum Gasteiger partial charge on any atom is 0.291 e. The second-order valence-electron chi connectivity index (χ2n) is 21.0. The second-order valence-corrected chi connectivity index (χ2v) is 21.0. The van der Waals surface area contributed by atoms with Crippen LogP contribution in [0.15, 0.2) is 140 Å². The summed E-state index contributed by atoms with van der Waals surface area (Å²) in [6, 6.07) is 42.3. The van der Waals surface area contributed by atoms with Gasteiger partial charge in [-0.1, -0.05) is 54.6 Å². The van der Waals surface area contributed by atoms with Crippen LogP contribution in [0.4, 0.5) is 11.5 Å². The van der Waals surface area contributed by atoms with Gasteiger partial charge in [-0.15, -0.1) is 0 Å². The summed E-state index contributed by atoms with van der Waals surface area (Å²) in [7, 11) is 0. The molecule has 18 nitrogen and oxygen atoms in total. The molecule has 9 heterocycles. The number of para-hydroxylation sites is 2. The van der Waals surface area contributed by atoms with E-state index in [1.54, 1.807) is 29.3 Å². The van der Waals surface area contributed by atoms with E-state index >= 15 is 0 Å². The first-order valence-electron chi connectivity index (χ1n) is 25.9. The number of carbonyl (C=O) groups excluding carboxylic acids is 4. The molecular formula is C59H50N14O4. The number of H-pyrrole nitrogens is 3. The van der Waals surface area contributed by atoms with Gasteiger partial charge >= 0.3 is 0 Å². The molecular weight excluding hydrogens is 969 g/mol. The van der Waals surface area contributed by atoms with Gasteiger partial charge in [-0.05, 0) is 115 Å². The number of hydrogen-bond donors (Lipinski definition) is 5. The number of amides is 4. The highest BCUT2D eigenvalue weighted by atomic mass is 16.2. The van der Waals surface area contributed by atoms with Crippen molar-refractivity contribution < 1.29 is 19.2 Å². The topological polar surface area (TPSA) is 227 Å². The summed E-state index contributed by atoms with van der Waals surface area (Å²) in [6.45, 7) is 5.35. The number of imidazole rings is 2. The Labute approximate surface area is 440 Å². The summed E-state index contributed by atoms with van der Waals surface area (Å²) in [5.41, 5.74) is 10.4. The van der Waals surface area contributed by atoms with Crippen LogP contribution in [-0.2, 0) is 0 Å². The lowest BCUT2D eigenvalue weighted by Crippen LogP contribution is -2.37. The number of carbonyl (C=O) groups is 4. The molecule has 14 rings (SSSR count). The quantitative estimate of drug-likeness (QED) is 0.0874. The van der Waals surface area contributed by atoms with Crippen LogP contribution >= 0.6 is 0 Å². The van der Waals surface area contributed by atoms with Gasteiger partial charge in [0.15, 0.2) is 11.6 Å². The Morgan fingerprint density at radius 3 is 1.97 bits per heavy atom. The lowest BCUT2D eigenvalue weighted by molar-refractivity contribution is 0.0740. The van der Waals surface area contributed by atoms with Crippen molar-refractivity contribution in [2.45, 2.75) is 25.8 Å². The van der Waals surface area contributed by atoms with Crippen molar-refractivity contribution in [2.24, 2.45) is 17.3 Å². The van der Waals surface area contributed by atoms with Gasteiger partial charge in [0.25, 0.3) is 23.6 Å². The first kappa shape index (κ1) is 46.0. The van der Waals surface area contributed by atoms with E-state index < -0.39 is 0 Å². The lowest BCUT2D eigenvalue weighted by Gasteiger charge is -2.24. The van der Waals surface area contributed by atoms with Crippen molar-refractivity contribution in [3.63, 3.8) is 0 Å². The molecule has 1 saturated carbocycles. The first-order valence-corrected chi connectivity index (χ1v) is 25.9. The number of nitrogens with one attached hydrogen (secondary N) is 5. The number of benzene rings is 4. The number of hydrogen-bond acceptors (Lipinski definition) is 11. The lowest BCUT2D eigenvalue weighted by atomic mass is 9.86. The smallest absolute Gasteiger partial charge is 0.291 e. The van der Waals surface area contributed by atoms with Crippen molar-refractivity contribution in [2.75, 3.05) is 44.6 Å². The number of rotatable bonds is 10. The molecule has 380 valence electrons. The van der Waals surface area contributed by atoms with E-state index in [9.17, 15) is 19.2 Å². The molecule has 10 aromatic rings. The first-order chi connectivity index (χ1) is 37.5. The van der Waals surface area contributed by atoms with Crippen LogP contribution in [0.3, 0.4) is 0 Å². The fourth-order valence-corrected chi connectivity index (χ4v) is 11.7. The predicted octanol–water partition coefficient (Wildman–Crippen LogP) is 8.43. The fraction of sp³-hybridized carbons (Fsp3) is 0.220. The fourth-order valence-electron chi connectivity index (χ4n) is 11.7. The van der Waals surface area contributed by atoms with Gasteiger partial charge in [0, 0.05) is 85.3 Å². The molecule has 0 bridgehead atoms. The molecule has 1 spiro atoms. The minimum absolute atomic E-state index is 0.0409. The summed E-state index contributed by atoms with van der Waals surface area (Å²) in [5.74, 6) is 1.57. The zero-order valence-corrected chi connectivity index (χ0v) is 41.8. The van der Waals surface area contributed by atoms with Crippen molar-refractivity contribution in [1.82, 2.24) is 64.9 Å². The van der Waals surface area contributed by atoms with Crippen LogP contribution in [0.1, 0.15) is 60.5 Å². The molecule has 6 aromatic heterocycles. The predicted molar refractivity (Wildman–Crippen MR) is 290 cm³/mol. The second kappa shape index (κ2) is 18.1. The monoisotopic (exact) mass is 1020 g/mol. The van der Waals surface area contributed by atoms with E-state index in [2.05, 4.69) is 40.5 Å². The van der Waals surface area contributed by atoms with Gasteiger partial charge in [0.1, 0.15) is 34.3 Å². The summed E-state index contributed by atoms with van der Waals surface area (Å²) in [6.07, 6.45) is 3.16. The number of pyridine rings is 2. The number of piperidine rings is 1. The highest BCUT2D eigenvalue weighted by Crippen LogP contribution is 2.46. The Hall–Kier alpha value is -9.58. The van der Waals surface area contributed by atoms with Crippen molar-refractivity contribution in [3.8, 4) is 34.2 Å². The Morgan fingerprint density at radius 1 is 0.584 bits per heavy atom. The van der Waals surface area contributed by atoms with Crippen LogP contribution in [0.5, 0.6) is 0 Å². The summed E-state index contributed by atoms with van der Waals surface area (Å²) in [4.78, 5) is 97.8. The van der Waals surface area contributed by atoms with E-state index in [0.717, 1.165) is 68.2 Å². The van der Waals surface area contributed by atoms with Crippen LogP contribution in [0.2, 0.25) is 0 Å². The number of aromatic nitrogens is 9.